The quantitative estimate of drug-likeness (QED) is 0.727. The highest BCUT2D eigenvalue weighted by Gasteiger charge is 2.16. The lowest BCUT2D eigenvalue weighted by Gasteiger charge is -2.27. The molecule has 1 saturated heterocycles. The Hall–Kier alpha value is -1.62. The Morgan fingerprint density at radius 1 is 1.35 bits per heavy atom. The van der Waals surface area contributed by atoms with Crippen molar-refractivity contribution >= 4 is 6.03 Å². The molecule has 0 atom stereocenters. The fourth-order valence-corrected chi connectivity index (χ4v) is 1.61. The van der Waals surface area contributed by atoms with E-state index in [1.165, 1.54) is 6.07 Å². The van der Waals surface area contributed by atoms with E-state index in [2.05, 4.69) is 16.0 Å². The van der Waals surface area contributed by atoms with Gasteiger partial charge in [-0.2, -0.15) is 0 Å². The fraction of sp³-hybridized carbons (Fsp3) is 0.417. The minimum absolute atomic E-state index is 0.210. The normalized spacial score (nSPS) is 15.1. The van der Waals surface area contributed by atoms with Gasteiger partial charge in [-0.1, -0.05) is 18.2 Å². The number of nitrogens with one attached hydrogen (secondary N) is 3. The first kappa shape index (κ1) is 11.9. The number of carbonyl (C=O) groups is 1. The Kier molecular flexibility index (Phi) is 3.93. The van der Waals surface area contributed by atoms with Crippen LogP contribution in [0, 0.1) is 11.7 Å². The molecule has 17 heavy (non-hydrogen) atoms. The first-order chi connectivity index (χ1) is 8.25. The largest absolute Gasteiger partial charge is 0.338 e. The van der Waals surface area contributed by atoms with Crippen LogP contribution in [-0.4, -0.2) is 25.7 Å². The molecule has 4 nitrogen and oxygen atoms in total. The Bertz CT molecular complexity index is 393. The Morgan fingerprint density at radius 2 is 2.12 bits per heavy atom. The maximum absolute atomic E-state index is 13.2. The van der Waals surface area contributed by atoms with Crippen LogP contribution in [0.3, 0.4) is 0 Å². The molecule has 2 amide bonds. The van der Waals surface area contributed by atoms with Crippen molar-refractivity contribution in [2.24, 2.45) is 5.92 Å². The monoisotopic (exact) mass is 237 g/mol. The van der Waals surface area contributed by atoms with Gasteiger partial charge in [0.25, 0.3) is 0 Å². The van der Waals surface area contributed by atoms with E-state index in [0.717, 1.165) is 13.1 Å². The third-order valence-corrected chi connectivity index (χ3v) is 2.81. The van der Waals surface area contributed by atoms with Crippen LogP contribution in [0.4, 0.5) is 9.18 Å². The molecule has 5 heteroatoms. The van der Waals surface area contributed by atoms with Crippen molar-refractivity contribution in [3.05, 3.63) is 35.6 Å². The van der Waals surface area contributed by atoms with Crippen LogP contribution in [-0.2, 0) is 6.54 Å². The van der Waals surface area contributed by atoms with Crippen molar-refractivity contribution in [3.8, 4) is 0 Å². The van der Waals surface area contributed by atoms with Gasteiger partial charge >= 0.3 is 6.03 Å². The summed E-state index contributed by atoms with van der Waals surface area (Å²) in [4.78, 5) is 11.4. The molecule has 0 bridgehead atoms. The summed E-state index contributed by atoms with van der Waals surface area (Å²) in [6, 6.07) is 6.17. The molecule has 92 valence electrons. The summed E-state index contributed by atoms with van der Waals surface area (Å²) >= 11 is 0. The predicted molar refractivity (Wildman–Crippen MR) is 63.0 cm³/mol. The van der Waals surface area contributed by atoms with Crippen LogP contribution in [0.1, 0.15) is 5.56 Å². The molecule has 0 spiro atoms. The number of benzene rings is 1. The average molecular weight is 237 g/mol. The highest BCUT2D eigenvalue weighted by atomic mass is 19.1. The molecule has 0 saturated carbocycles. The lowest BCUT2D eigenvalue weighted by Crippen LogP contribution is -2.49. The molecule has 0 radical (unpaired) electrons. The Labute approximate surface area is 99.6 Å². The topological polar surface area (TPSA) is 53.2 Å². The molecular formula is C12H16FN3O. The molecule has 0 aliphatic carbocycles. The van der Waals surface area contributed by atoms with Gasteiger partial charge in [0.2, 0.25) is 0 Å². The first-order valence-electron chi connectivity index (χ1n) is 5.71. The summed E-state index contributed by atoms with van der Waals surface area (Å²) in [5.41, 5.74) is 0.493. The first-order valence-corrected chi connectivity index (χ1v) is 5.71. The van der Waals surface area contributed by atoms with Gasteiger partial charge in [-0.15, -0.1) is 0 Å². The molecule has 2 rings (SSSR count). The highest BCUT2D eigenvalue weighted by Crippen LogP contribution is 2.05. The maximum Gasteiger partial charge on any atom is 0.315 e. The third-order valence-electron chi connectivity index (χ3n) is 2.81. The predicted octanol–water partition coefficient (Wildman–Crippen LogP) is 0.844. The molecule has 1 fully saturated rings. The van der Waals surface area contributed by atoms with E-state index in [1.807, 2.05) is 0 Å². The zero-order chi connectivity index (χ0) is 12.1. The van der Waals surface area contributed by atoms with E-state index in [1.54, 1.807) is 18.2 Å². The number of halogens is 1. The number of urea groups is 1. The molecular weight excluding hydrogens is 221 g/mol. The van der Waals surface area contributed by atoms with Crippen molar-refractivity contribution in [1.29, 1.82) is 0 Å². The lowest BCUT2D eigenvalue weighted by molar-refractivity contribution is 0.235. The minimum atomic E-state index is -0.295. The average Bonchev–Trinajstić information content (AvgIpc) is 2.26. The molecule has 1 aromatic carbocycles. The van der Waals surface area contributed by atoms with Gasteiger partial charge in [0, 0.05) is 37.7 Å². The summed E-state index contributed by atoms with van der Waals surface area (Å²) in [5.74, 6) is 0.227. The van der Waals surface area contributed by atoms with Crippen LogP contribution in [0.5, 0.6) is 0 Å². The van der Waals surface area contributed by atoms with Crippen molar-refractivity contribution < 1.29 is 9.18 Å². The van der Waals surface area contributed by atoms with Gasteiger partial charge in [0.15, 0.2) is 0 Å². The van der Waals surface area contributed by atoms with Crippen LogP contribution in [0.25, 0.3) is 0 Å². The van der Waals surface area contributed by atoms with Crippen molar-refractivity contribution in [3.63, 3.8) is 0 Å². The molecule has 1 heterocycles. The smallest absolute Gasteiger partial charge is 0.315 e. The van der Waals surface area contributed by atoms with Gasteiger partial charge in [-0.25, -0.2) is 9.18 Å². The van der Waals surface area contributed by atoms with E-state index in [4.69, 9.17) is 0 Å². The summed E-state index contributed by atoms with van der Waals surface area (Å²) in [7, 11) is 0. The van der Waals surface area contributed by atoms with Crippen LogP contribution in [0.2, 0.25) is 0 Å². The number of rotatable bonds is 4. The second-order valence-electron chi connectivity index (χ2n) is 4.18. The van der Waals surface area contributed by atoms with Gasteiger partial charge in [0.1, 0.15) is 5.82 Å². The molecule has 1 aliphatic rings. The third kappa shape index (κ3) is 3.42. The standard InChI is InChI=1S/C12H16FN3O/c13-11-4-2-1-3-10(11)8-16-12(17)15-7-9-5-14-6-9/h1-4,9,14H,5-8H2,(H2,15,16,17). The number of hydrogen-bond donors (Lipinski definition) is 3. The zero-order valence-electron chi connectivity index (χ0n) is 9.50. The highest BCUT2D eigenvalue weighted by molar-refractivity contribution is 5.73. The molecule has 0 unspecified atom stereocenters. The second-order valence-corrected chi connectivity index (χ2v) is 4.18. The molecule has 1 aliphatic heterocycles. The van der Waals surface area contributed by atoms with Gasteiger partial charge in [-0.3, -0.25) is 0 Å². The molecule has 0 aromatic heterocycles. The lowest BCUT2D eigenvalue weighted by atomic mass is 10.0. The number of hydrogen-bond acceptors (Lipinski definition) is 2. The summed E-state index contributed by atoms with van der Waals surface area (Å²) in [6.07, 6.45) is 0. The van der Waals surface area contributed by atoms with E-state index in [0.29, 0.717) is 18.0 Å². The summed E-state index contributed by atoms with van der Waals surface area (Å²) in [5, 5.41) is 8.52. The Morgan fingerprint density at radius 3 is 2.76 bits per heavy atom. The van der Waals surface area contributed by atoms with Crippen LogP contribution < -0.4 is 16.0 Å². The van der Waals surface area contributed by atoms with E-state index >= 15 is 0 Å². The minimum Gasteiger partial charge on any atom is -0.338 e. The van der Waals surface area contributed by atoms with Crippen molar-refractivity contribution in [2.75, 3.05) is 19.6 Å². The van der Waals surface area contributed by atoms with E-state index in [9.17, 15) is 9.18 Å². The maximum atomic E-state index is 13.2. The van der Waals surface area contributed by atoms with Gasteiger partial charge in [-0.05, 0) is 6.07 Å². The van der Waals surface area contributed by atoms with E-state index in [-0.39, 0.29) is 18.4 Å². The number of amides is 2. The summed E-state index contributed by atoms with van der Waals surface area (Å²) in [6.45, 7) is 2.78. The summed E-state index contributed by atoms with van der Waals surface area (Å²) < 4.78 is 13.2. The van der Waals surface area contributed by atoms with Crippen LogP contribution >= 0.6 is 0 Å². The molecule has 3 N–H and O–H groups in total. The fourth-order valence-electron chi connectivity index (χ4n) is 1.61. The number of carbonyl (C=O) groups excluding carboxylic acids is 1. The van der Waals surface area contributed by atoms with Crippen molar-refractivity contribution in [1.82, 2.24) is 16.0 Å². The van der Waals surface area contributed by atoms with Crippen molar-refractivity contribution in [2.45, 2.75) is 6.54 Å². The zero-order valence-corrected chi connectivity index (χ0v) is 9.50. The Balaban J connectivity index is 1.70. The van der Waals surface area contributed by atoms with Gasteiger partial charge in [0.05, 0.1) is 0 Å². The molecule has 1 aromatic rings. The van der Waals surface area contributed by atoms with E-state index < -0.39 is 0 Å². The van der Waals surface area contributed by atoms with Gasteiger partial charge < -0.3 is 16.0 Å². The van der Waals surface area contributed by atoms with Crippen LogP contribution in [0.15, 0.2) is 24.3 Å². The SMILES string of the molecule is O=C(NCc1ccccc1F)NCC1CNC1. The second kappa shape index (κ2) is 5.63.